The number of hydrogen-bond donors (Lipinski definition) is 2. The number of rotatable bonds is 3. The summed E-state index contributed by atoms with van der Waals surface area (Å²) in [5, 5.41) is 3.18. The van der Waals surface area contributed by atoms with Gasteiger partial charge in [-0.3, -0.25) is 0 Å². The lowest BCUT2D eigenvalue weighted by molar-refractivity contribution is 0.632. The molecule has 0 unspecified atom stereocenters. The summed E-state index contributed by atoms with van der Waals surface area (Å²) in [5.41, 5.74) is 6.02. The van der Waals surface area contributed by atoms with Crippen LogP contribution in [0.25, 0.3) is 0 Å². The van der Waals surface area contributed by atoms with Gasteiger partial charge in [0, 0.05) is 5.02 Å². The number of hydrogen-bond acceptors (Lipinski definition) is 4. The van der Waals surface area contributed by atoms with Gasteiger partial charge in [0.2, 0.25) is 0 Å². The van der Waals surface area contributed by atoms with Crippen LogP contribution in [-0.4, -0.2) is 15.0 Å². The second kappa shape index (κ2) is 5.24. The first-order chi connectivity index (χ1) is 8.56. The zero-order valence-electron chi connectivity index (χ0n) is 9.02. The van der Waals surface area contributed by atoms with Gasteiger partial charge in [-0.2, -0.15) is 0 Å². The van der Waals surface area contributed by atoms with E-state index in [1.54, 1.807) is 0 Å². The Balaban J connectivity index is 2.23. The molecule has 7 heteroatoms. The number of anilines is 2. The molecule has 2 aromatic rings. The number of aromatic nitrogens is 2. The molecule has 0 aliphatic heterocycles. The van der Waals surface area contributed by atoms with Crippen LogP contribution in [0.1, 0.15) is 5.69 Å². The molecule has 0 saturated carbocycles. The van der Waals surface area contributed by atoms with Crippen molar-refractivity contribution in [3.05, 3.63) is 47.1 Å². The highest BCUT2D eigenvalue weighted by Crippen LogP contribution is 2.22. The summed E-state index contributed by atoms with van der Waals surface area (Å²) in [6.07, 6.45) is 2.82. The standard InChI is InChI=1S/C11H8ClFN4S/c12-6-1-2-7(13)8(3-6)17-10-5-15-9(4-16-10)11(14)18/h1-5H,(H2,14,18)(H,16,17). The largest absolute Gasteiger partial charge is 0.388 e. The summed E-state index contributed by atoms with van der Waals surface area (Å²) in [7, 11) is 0. The topological polar surface area (TPSA) is 63.8 Å². The normalized spacial score (nSPS) is 10.1. The molecule has 0 bridgehead atoms. The van der Waals surface area contributed by atoms with Crippen molar-refractivity contribution in [2.75, 3.05) is 5.32 Å². The van der Waals surface area contributed by atoms with Gasteiger partial charge in [-0.05, 0) is 18.2 Å². The summed E-state index contributed by atoms with van der Waals surface area (Å²) in [6.45, 7) is 0. The fraction of sp³-hybridized carbons (Fsp3) is 0. The van der Waals surface area contributed by atoms with Gasteiger partial charge in [0.1, 0.15) is 22.3 Å². The number of nitrogens with two attached hydrogens (primary N) is 1. The predicted octanol–water partition coefficient (Wildman–Crippen LogP) is 2.65. The Hall–Kier alpha value is -1.79. The van der Waals surface area contributed by atoms with Crippen molar-refractivity contribution in [3.63, 3.8) is 0 Å². The Morgan fingerprint density at radius 3 is 2.72 bits per heavy atom. The summed E-state index contributed by atoms with van der Waals surface area (Å²) >= 11 is 10.5. The minimum atomic E-state index is -0.431. The molecule has 2 rings (SSSR count). The maximum atomic E-state index is 13.5. The van der Waals surface area contributed by atoms with Gasteiger partial charge in [-0.25, -0.2) is 14.4 Å². The van der Waals surface area contributed by atoms with Crippen molar-refractivity contribution in [1.82, 2.24) is 9.97 Å². The molecule has 0 aliphatic rings. The molecule has 0 saturated heterocycles. The molecule has 1 aromatic heterocycles. The van der Waals surface area contributed by atoms with Gasteiger partial charge in [0.05, 0.1) is 18.1 Å². The molecule has 0 atom stereocenters. The molecule has 3 N–H and O–H groups in total. The zero-order chi connectivity index (χ0) is 13.1. The smallest absolute Gasteiger partial charge is 0.148 e. The number of nitrogens with zero attached hydrogens (tertiary/aromatic N) is 2. The van der Waals surface area contributed by atoms with Crippen molar-refractivity contribution in [3.8, 4) is 0 Å². The fourth-order valence-corrected chi connectivity index (χ4v) is 1.53. The summed E-state index contributed by atoms with van der Waals surface area (Å²) < 4.78 is 13.5. The second-order valence-corrected chi connectivity index (χ2v) is 4.28. The van der Waals surface area contributed by atoms with E-state index < -0.39 is 5.82 Å². The first kappa shape index (κ1) is 12.7. The minimum absolute atomic E-state index is 0.156. The van der Waals surface area contributed by atoms with Crippen molar-refractivity contribution in [1.29, 1.82) is 0 Å². The van der Waals surface area contributed by atoms with Crippen molar-refractivity contribution < 1.29 is 4.39 Å². The third kappa shape index (κ3) is 2.91. The highest BCUT2D eigenvalue weighted by atomic mass is 35.5. The van der Waals surface area contributed by atoms with Crippen LogP contribution in [0.5, 0.6) is 0 Å². The lowest BCUT2D eigenvalue weighted by atomic mass is 10.3. The van der Waals surface area contributed by atoms with E-state index >= 15 is 0 Å². The lowest BCUT2D eigenvalue weighted by Gasteiger charge is -2.07. The third-order valence-corrected chi connectivity index (χ3v) is 2.54. The highest BCUT2D eigenvalue weighted by Gasteiger charge is 2.05. The van der Waals surface area contributed by atoms with E-state index in [2.05, 4.69) is 15.3 Å². The van der Waals surface area contributed by atoms with E-state index in [9.17, 15) is 4.39 Å². The van der Waals surface area contributed by atoms with Crippen LogP contribution in [-0.2, 0) is 0 Å². The second-order valence-electron chi connectivity index (χ2n) is 3.40. The Kier molecular flexibility index (Phi) is 3.69. The molecule has 1 heterocycles. The average molecular weight is 283 g/mol. The Morgan fingerprint density at radius 1 is 1.33 bits per heavy atom. The van der Waals surface area contributed by atoms with Crippen LogP contribution in [0.2, 0.25) is 5.02 Å². The van der Waals surface area contributed by atoms with Crippen molar-refractivity contribution in [2.24, 2.45) is 5.73 Å². The van der Waals surface area contributed by atoms with E-state index in [1.165, 1.54) is 30.6 Å². The molecule has 18 heavy (non-hydrogen) atoms. The zero-order valence-corrected chi connectivity index (χ0v) is 10.6. The quantitative estimate of drug-likeness (QED) is 0.848. The van der Waals surface area contributed by atoms with Gasteiger partial charge in [0.15, 0.2) is 0 Å². The van der Waals surface area contributed by atoms with Gasteiger partial charge in [0.25, 0.3) is 0 Å². The van der Waals surface area contributed by atoms with Crippen LogP contribution < -0.4 is 11.1 Å². The van der Waals surface area contributed by atoms with Crippen molar-refractivity contribution >= 4 is 40.3 Å². The van der Waals surface area contributed by atoms with E-state index in [0.717, 1.165) is 0 Å². The van der Waals surface area contributed by atoms with Crippen molar-refractivity contribution in [2.45, 2.75) is 0 Å². The first-order valence-electron chi connectivity index (χ1n) is 4.90. The molecule has 0 radical (unpaired) electrons. The van der Waals surface area contributed by atoms with Crippen LogP contribution in [0.4, 0.5) is 15.9 Å². The van der Waals surface area contributed by atoms with E-state index in [-0.39, 0.29) is 10.7 Å². The van der Waals surface area contributed by atoms with Gasteiger partial charge < -0.3 is 11.1 Å². The molecule has 92 valence electrons. The molecule has 0 fully saturated rings. The first-order valence-corrected chi connectivity index (χ1v) is 5.69. The monoisotopic (exact) mass is 282 g/mol. The molecular formula is C11H8ClFN4S. The molecule has 0 spiro atoms. The highest BCUT2D eigenvalue weighted by molar-refractivity contribution is 7.80. The third-order valence-electron chi connectivity index (χ3n) is 2.10. The van der Waals surface area contributed by atoms with Crippen LogP contribution >= 0.6 is 23.8 Å². The van der Waals surface area contributed by atoms with Gasteiger partial charge in [-0.1, -0.05) is 23.8 Å². The van der Waals surface area contributed by atoms with E-state index in [4.69, 9.17) is 29.6 Å². The molecule has 0 aliphatic carbocycles. The molecule has 1 aromatic carbocycles. The predicted molar refractivity (Wildman–Crippen MR) is 72.6 cm³/mol. The van der Waals surface area contributed by atoms with E-state index in [0.29, 0.717) is 16.5 Å². The number of halogens is 2. The fourth-order valence-electron chi connectivity index (χ4n) is 1.25. The SMILES string of the molecule is NC(=S)c1cnc(Nc2cc(Cl)ccc2F)cn1. The van der Waals surface area contributed by atoms with Crippen LogP contribution in [0.15, 0.2) is 30.6 Å². The average Bonchev–Trinajstić information content (AvgIpc) is 2.34. The van der Waals surface area contributed by atoms with Crippen LogP contribution in [0, 0.1) is 5.82 Å². The minimum Gasteiger partial charge on any atom is -0.388 e. The van der Waals surface area contributed by atoms with Gasteiger partial charge >= 0.3 is 0 Å². The maximum Gasteiger partial charge on any atom is 0.148 e. The Bertz CT molecular complexity index is 588. The number of benzene rings is 1. The Morgan fingerprint density at radius 2 is 2.11 bits per heavy atom. The van der Waals surface area contributed by atoms with Gasteiger partial charge in [-0.15, -0.1) is 0 Å². The molecule has 0 amide bonds. The number of thiocarbonyl (C=S) groups is 1. The summed E-state index contributed by atoms with van der Waals surface area (Å²) in [6, 6.07) is 4.19. The molecule has 4 nitrogen and oxygen atoms in total. The van der Waals surface area contributed by atoms with E-state index in [1.807, 2.05) is 0 Å². The Labute approximate surface area is 113 Å². The molecular weight excluding hydrogens is 275 g/mol. The maximum absolute atomic E-state index is 13.5. The van der Waals surface area contributed by atoms with Crippen LogP contribution in [0.3, 0.4) is 0 Å². The summed E-state index contributed by atoms with van der Waals surface area (Å²) in [4.78, 5) is 8.15. The summed E-state index contributed by atoms with van der Waals surface area (Å²) in [5.74, 6) is -0.0595. The number of nitrogens with one attached hydrogen (secondary N) is 1. The lowest BCUT2D eigenvalue weighted by Crippen LogP contribution is -2.12.